The van der Waals surface area contributed by atoms with E-state index >= 15 is 0 Å². The number of pyridine rings is 3. The number of rotatable bonds is 5. The van der Waals surface area contributed by atoms with Crippen molar-refractivity contribution in [3.05, 3.63) is 78.6 Å². The number of fused-ring (bicyclic) bond motifs is 1. The first-order chi connectivity index (χ1) is 16.5. The van der Waals surface area contributed by atoms with Crippen LogP contribution in [-0.2, 0) is 0 Å². The molecule has 1 saturated heterocycles. The first kappa shape index (κ1) is 21.9. The maximum atomic E-state index is 13.1. The number of benzene rings is 1. The largest absolute Gasteiger partial charge is 0.381 e. The fraction of sp³-hybridized carbons (Fsp3) is 0.231. The summed E-state index contributed by atoms with van der Waals surface area (Å²) in [5, 5.41) is 7.21. The van der Waals surface area contributed by atoms with Crippen molar-refractivity contribution in [1.82, 2.24) is 19.9 Å². The lowest BCUT2D eigenvalue weighted by molar-refractivity contribution is 0.102. The molecule has 0 saturated carbocycles. The van der Waals surface area contributed by atoms with E-state index in [4.69, 9.17) is 0 Å². The van der Waals surface area contributed by atoms with Crippen molar-refractivity contribution in [3.63, 3.8) is 0 Å². The molecular weight excluding hydrogens is 431 g/mol. The number of halogens is 1. The number of hydrogen-bond donors (Lipinski definition) is 2. The molecule has 0 unspecified atom stereocenters. The highest BCUT2D eigenvalue weighted by molar-refractivity contribution is 6.04. The van der Waals surface area contributed by atoms with E-state index in [-0.39, 0.29) is 11.7 Å². The fourth-order valence-corrected chi connectivity index (χ4v) is 4.11. The minimum absolute atomic E-state index is 0.354. The molecule has 3 aromatic heterocycles. The number of aromatic nitrogens is 3. The van der Waals surface area contributed by atoms with E-state index in [1.165, 1.54) is 24.3 Å². The number of carbonyl (C=O) groups is 1. The number of likely N-dealkylation sites (tertiary alicyclic amines) is 1. The summed E-state index contributed by atoms with van der Waals surface area (Å²) in [7, 11) is 2.15. The molecule has 8 heteroatoms. The van der Waals surface area contributed by atoms with Crippen LogP contribution in [0.2, 0.25) is 0 Å². The van der Waals surface area contributed by atoms with Crippen LogP contribution in [0.1, 0.15) is 23.2 Å². The first-order valence-corrected chi connectivity index (χ1v) is 11.3. The molecule has 7 nitrogen and oxygen atoms in total. The smallest absolute Gasteiger partial charge is 0.256 e. The van der Waals surface area contributed by atoms with Crippen LogP contribution in [0.15, 0.2) is 67.3 Å². The zero-order valence-corrected chi connectivity index (χ0v) is 18.8. The molecule has 1 aliphatic rings. The molecule has 0 radical (unpaired) electrons. The van der Waals surface area contributed by atoms with Gasteiger partial charge in [0, 0.05) is 46.7 Å². The summed E-state index contributed by atoms with van der Waals surface area (Å²) in [6, 6.07) is 11.7. The van der Waals surface area contributed by atoms with Crippen molar-refractivity contribution in [2.45, 2.75) is 18.9 Å². The number of carbonyl (C=O) groups excluding carboxylic acids is 1. The molecule has 0 bridgehead atoms. The lowest BCUT2D eigenvalue weighted by Crippen LogP contribution is -2.36. The first-order valence-electron chi connectivity index (χ1n) is 11.3. The van der Waals surface area contributed by atoms with Gasteiger partial charge >= 0.3 is 0 Å². The van der Waals surface area contributed by atoms with Crippen LogP contribution < -0.4 is 10.6 Å². The van der Waals surface area contributed by atoms with Crippen LogP contribution in [0.25, 0.3) is 22.0 Å². The van der Waals surface area contributed by atoms with Gasteiger partial charge in [-0.25, -0.2) is 9.37 Å². The Morgan fingerprint density at radius 3 is 2.53 bits per heavy atom. The summed E-state index contributed by atoms with van der Waals surface area (Å²) in [6.07, 6.45) is 9.31. The number of nitrogens with one attached hydrogen (secondary N) is 2. The van der Waals surface area contributed by atoms with Crippen LogP contribution in [0.5, 0.6) is 0 Å². The quantitative estimate of drug-likeness (QED) is 0.457. The highest BCUT2D eigenvalue weighted by Crippen LogP contribution is 2.26. The Morgan fingerprint density at radius 2 is 1.74 bits per heavy atom. The van der Waals surface area contributed by atoms with Crippen molar-refractivity contribution in [2.75, 3.05) is 30.8 Å². The SMILES string of the molecule is CN1CCC(Nc2cncc(-c3cnc4cnc(NC(=O)c5ccc(F)cc5)cc4c3)c2)CC1. The maximum Gasteiger partial charge on any atom is 0.256 e. The van der Waals surface area contributed by atoms with Gasteiger partial charge in [-0.05, 0) is 75.4 Å². The molecule has 172 valence electrons. The molecule has 5 rings (SSSR count). The summed E-state index contributed by atoms with van der Waals surface area (Å²) in [6.45, 7) is 2.18. The van der Waals surface area contributed by atoms with Gasteiger partial charge < -0.3 is 15.5 Å². The van der Waals surface area contributed by atoms with E-state index in [2.05, 4.69) is 43.6 Å². The van der Waals surface area contributed by atoms with Gasteiger partial charge in [-0.1, -0.05) is 0 Å². The maximum absolute atomic E-state index is 13.1. The van der Waals surface area contributed by atoms with Gasteiger partial charge in [0.05, 0.1) is 17.4 Å². The molecule has 1 aromatic carbocycles. The summed E-state index contributed by atoms with van der Waals surface area (Å²) >= 11 is 0. The molecule has 1 aliphatic heterocycles. The third kappa shape index (κ3) is 5.02. The second-order valence-corrected chi connectivity index (χ2v) is 8.63. The second-order valence-electron chi connectivity index (χ2n) is 8.63. The Bertz CT molecular complexity index is 1320. The zero-order chi connectivity index (χ0) is 23.5. The number of anilines is 2. The minimum atomic E-state index is -0.390. The van der Waals surface area contributed by atoms with Gasteiger partial charge in [-0.15, -0.1) is 0 Å². The van der Waals surface area contributed by atoms with Gasteiger partial charge in [0.1, 0.15) is 11.6 Å². The van der Waals surface area contributed by atoms with Gasteiger partial charge in [0.25, 0.3) is 5.91 Å². The number of amides is 1. The summed E-state index contributed by atoms with van der Waals surface area (Å²) < 4.78 is 13.1. The molecule has 4 aromatic rings. The highest BCUT2D eigenvalue weighted by atomic mass is 19.1. The fourth-order valence-electron chi connectivity index (χ4n) is 4.11. The number of hydrogen-bond acceptors (Lipinski definition) is 6. The molecule has 1 amide bonds. The Balaban J connectivity index is 1.35. The molecule has 0 aliphatic carbocycles. The van der Waals surface area contributed by atoms with Gasteiger partial charge in [0.2, 0.25) is 0 Å². The lowest BCUT2D eigenvalue weighted by atomic mass is 10.0. The second kappa shape index (κ2) is 9.52. The number of nitrogens with zero attached hydrogens (tertiary/aromatic N) is 4. The molecule has 0 spiro atoms. The predicted octanol–water partition coefficient (Wildman–Crippen LogP) is 4.59. The Hall–Kier alpha value is -3.91. The van der Waals surface area contributed by atoms with Crippen LogP contribution in [0.3, 0.4) is 0 Å². The van der Waals surface area contributed by atoms with E-state index in [1.807, 2.05) is 18.5 Å². The van der Waals surface area contributed by atoms with E-state index in [0.29, 0.717) is 17.4 Å². The third-order valence-corrected chi connectivity index (χ3v) is 6.08. The van der Waals surface area contributed by atoms with Gasteiger partial charge in [-0.3, -0.25) is 14.8 Å². The van der Waals surface area contributed by atoms with Crippen LogP contribution >= 0.6 is 0 Å². The molecule has 1 fully saturated rings. The van der Waals surface area contributed by atoms with E-state index in [1.54, 1.807) is 18.5 Å². The topological polar surface area (TPSA) is 83.0 Å². The molecule has 2 N–H and O–H groups in total. The van der Waals surface area contributed by atoms with Gasteiger partial charge in [0.15, 0.2) is 0 Å². The van der Waals surface area contributed by atoms with Crippen molar-refractivity contribution < 1.29 is 9.18 Å². The van der Waals surface area contributed by atoms with Crippen molar-refractivity contribution in [3.8, 4) is 11.1 Å². The molecule has 4 heterocycles. The van der Waals surface area contributed by atoms with Gasteiger partial charge in [-0.2, -0.15) is 0 Å². The van der Waals surface area contributed by atoms with Crippen molar-refractivity contribution in [1.29, 1.82) is 0 Å². The van der Waals surface area contributed by atoms with E-state index in [0.717, 1.165) is 53.6 Å². The average molecular weight is 457 g/mol. The monoisotopic (exact) mass is 456 g/mol. The Morgan fingerprint density at radius 1 is 0.971 bits per heavy atom. The highest BCUT2D eigenvalue weighted by Gasteiger charge is 2.16. The van der Waals surface area contributed by atoms with E-state index < -0.39 is 0 Å². The van der Waals surface area contributed by atoms with Crippen LogP contribution in [0.4, 0.5) is 15.9 Å². The zero-order valence-electron chi connectivity index (χ0n) is 18.8. The van der Waals surface area contributed by atoms with Crippen LogP contribution in [-0.4, -0.2) is 51.9 Å². The minimum Gasteiger partial charge on any atom is -0.381 e. The number of piperidine rings is 1. The summed E-state index contributed by atoms with van der Waals surface area (Å²) in [4.78, 5) is 28.0. The molecule has 0 atom stereocenters. The van der Waals surface area contributed by atoms with Crippen molar-refractivity contribution in [2.24, 2.45) is 0 Å². The molecule has 34 heavy (non-hydrogen) atoms. The average Bonchev–Trinajstić information content (AvgIpc) is 2.85. The Kier molecular flexibility index (Phi) is 6.14. The standard InChI is InChI=1S/C26H25FN6O/c1-33-8-6-22(7-9-33)31-23-11-20(13-28-15-23)19-10-18-12-25(30-16-24(18)29-14-19)32-26(34)17-2-4-21(27)5-3-17/h2-5,10-16,22,31H,6-9H2,1H3,(H,30,32,34). The normalized spacial score (nSPS) is 14.8. The third-order valence-electron chi connectivity index (χ3n) is 6.08. The molecular formula is C26H25FN6O. The van der Waals surface area contributed by atoms with Crippen LogP contribution in [0, 0.1) is 5.82 Å². The van der Waals surface area contributed by atoms with E-state index in [9.17, 15) is 9.18 Å². The summed E-state index contributed by atoms with van der Waals surface area (Å²) in [5.74, 6) is -0.344. The predicted molar refractivity (Wildman–Crippen MR) is 131 cm³/mol. The van der Waals surface area contributed by atoms with Crippen molar-refractivity contribution >= 4 is 28.3 Å². The summed E-state index contributed by atoms with van der Waals surface area (Å²) in [5.41, 5.74) is 3.96. The Labute approximate surface area is 197 Å². The lowest BCUT2D eigenvalue weighted by Gasteiger charge is -2.30.